The number of ether oxygens (including phenoxy) is 1. The quantitative estimate of drug-likeness (QED) is 0.591. The number of rotatable bonds is 8. The van der Waals surface area contributed by atoms with Gasteiger partial charge in [-0.15, -0.1) is 0 Å². The summed E-state index contributed by atoms with van der Waals surface area (Å²) in [6, 6.07) is 0.678. The molecule has 0 radical (unpaired) electrons. The third-order valence-electron chi connectivity index (χ3n) is 1.74. The molecular weight excluding hydrogens is 170 g/mol. The summed E-state index contributed by atoms with van der Waals surface area (Å²) < 4.78 is 4.98. The number of nitrogens with one attached hydrogen (secondary N) is 1. The van der Waals surface area contributed by atoms with E-state index in [9.17, 15) is 0 Å². The van der Waals surface area contributed by atoms with Gasteiger partial charge in [0.15, 0.2) is 0 Å². The zero-order chi connectivity index (χ0) is 9.23. The van der Waals surface area contributed by atoms with Crippen molar-refractivity contribution in [3.05, 3.63) is 0 Å². The molecule has 1 atom stereocenters. The largest absolute Gasteiger partial charge is 0.384 e. The maximum absolute atomic E-state index is 4.98. The fraction of sp³-hybridized carbons (Fsp3) is 1.00. The molecule has 0 aliphatic heterocycles. The van der Waals surface area contributed by atoms with Gasteiger partial charge in [-0.05, 0) is 13.0 Å². The van der Waals surface area contributed by atoms with Gasteiger partial charge < -0.3 is 10.1 Å². The van der Waals surface area contributed by atoms with Crippen LogP contribution in [-0.2, 0) is 4.74 Å². The summed E-state index contributed by atoms with van der Waals surface area (Å²) in [4.78, 5) is 0. The molecule has 0 aromatic heterocycles. The predicted octanol–water partition coefficient (Wildman–Crippen LogP) is 1.75. The van der Waals surface area contributed by atoms with Crippen LogP contribution >= 0.6 is 11.8 Å². The minimum atomic E-state index is 0.678. The van der Waals surface area contributed by atoms with Crippen molar-refractivity contribution in [2.24, 2.45) is 0 Å². The standard InChI is InChI=1S/C9H21NOS/c1-4-9(10-5-2)8-12-7-6-11-3/h9-10H,4-8H2,1-3H3. The van der Waals surface area contributed by atoms with Crippen molar-refractivity contribution in [2.75, 3.05) is 31.8 Å². The van der Waals surface area contributed by atoms with Crippen LogP contribution in [-0.4, -0.2) is 37.8 Å². The van der Waals surface area contributed by atoms with Crippen LogP contribution in [0.5, 0.6) is 0 Å². The summed E-state index contributed by atoms with van der Waals surface area (Å²) in [7, 11) is 1.75. The van der Waals surface area contributed by atoms with Crippen molar-refractivity contribution in [3.63, 3.8) is 0 Å². The van der Waals surface area contributed by atoms with Gasteiger partial charge >= 0.3 is 0 Å². The molecule has 0 bridgehead atoms. The predicted molar refractivity (Wildman–Crippen MR) is 57.0 cm³/mol. The molecule has 12 heavy (non-hydrogen) atoms. The molecule has 0 heterocycles. The molecule has 74 valence electrons. The summed E-state index contributed by atoms with van der Waals surface area (Å²) in [6.45, 7) is 6.32. The molecule has 0 amide bonds. The highest BCUT2D eigenvalue weighted by Gasteiger charge is 2.02. The van der Waals surface area contributed by atoms with Crippen molar-refractivity contribution in [1.29, 1.82) is 0 Å². The van der Waals surface area contributed by atoms with Crippen molar-refractivity contribution in [3.8, 4) is 0 Å². The molecule has 1 N–H and O–H groups in total. The molecule has 0 aromatic carbocycles. The Morgan fingerprint density at radius 3 is 2.67 bits per heavy atom. The lowest BCUT2D eigenvalue weighted by Gasteiger charge is -2.14. The van der Waals surface area contributed by atoms with Crippen LogP contribution in [0, 0.1) is 0 Å². The molecule has 0 aliphatic rings. The van der Waals surface area contributed by atoms with E-state index in [-0.39, 0.29) is 0 Å². The minimum absolute atomic E-state index is 0.678. The second-order valence-electron chi connectivity index (χ2n) is 2.73. The zero-order valence-corrected chi connectivity index (χ0v) is 9.25. The topological polar surface area (TPSA) is 21.3 Å². The SMILES string of the molecule is CCNC(CC)CSCCOC. The van der Waals surface area contributed by atoms with Crippen molar-refractivity contribution < 1.29 is 4.74 Å². The third-order valence-corrected chi connectivity index (χ3v) is 2.83. The van der Waals surface area contributed by atoms with E-state index in [0.29, 0.717) is 6.04 Å². The molecule has 2 nitrogen and oxygen atoms in total. The molecule has 1 unspecified atom stereocenters. The molecule has 0 fully saturated rings. The van der Waals surface area contributed by atoms with Crippen LogP contribution in [0.2, 0.25) is 0 Å². The number of thioether (sulfide) groups is 1. The van der Waals surface area contributed by atoms with Crippen molar-refractivity contribution >= 4 is 11.8 Å². The average Bonchev–Trinajstić information content (AvgIpc) is 2.10. The molecule has 0 aliphatic carbocycles. The Hall–Kier alpha value is 0.270. The van der Waals surface area contributed by atoms with Gasteiger partial charge in [0.05, 0.1) is 6.61 Å². The molecule has 0 aromatic rings. The first-order valence-corrected chi connectivity index (χ1v) is 5.80. The van der Waals surface area contributed by atoms with Crippen LogP contribution in [0.15, 0.2) is 0 Å². The summed E-state index contributed by atoms with van der Waals surface area (Å²) >= 11 is 1.96. The van der Waals surface area contributed by atoms with Crippen LogP contribution in [0.4, 0.5) is 0 Å². The van der Waals surface area contributed by atoms with E-state index in [1.165, 1.54) is 12.2 Å². The molecular formula is C9H21NOS. The van der Waals surface area contributed by atoms with Gasteiger partial charge in [-0.2, -0.15) is 11.8 Å². The second-order valence-corrected chi connectivity index (χ2v) is 3.88. The van der Waals surface area contributed by atoms with E-state index in [4.69, 9.17) is 4.74 Å². The van der Waals surface area contributed by atoms with Gasteiger partial charge in [-0.1, -0.05) is 13.8 Å². The van der Waals surface area contributed by atoms with Gasteiger partial charge in [0, 0.05) is 24.7 Å². The molecule has 0 saturated carbocycles. The fourth-order valence-corrected chi connectivity index (χ4v) is 2.07. The van der Waals surface area contributed by atoms with E-state index in [0.717, 1.165) is 18.9 Å². The average molecular weight is 191 g/mol. The molecule has 0 spiro atoms. The lowest BCUT2D eigenvalue weighted by atomic mass is 10.2. The first-order valence-electron chi connectivity index (χ1n) is 4.65. The molecule has 3 heteroatoms. The van der Waals surface area contributed by atoms with Gasteiger partial charge in [-0.25, -0.2) is 0 Å². The Kier molecular flexibility index (Phi) is 9.57. The highest BCUT2D eigenvalue weighted by atomic mass is 32.2. The van der Waals surface area contributed by atoms with Gasteiger partial charge in [0.1, 0.15) is 0 Å². The van der Waals surface area contributed by atoms with E-state index < -0.39 is 0 Å². The van der Waals surface area contributed by atoms with E-state index in [1.807, 2.05) is 11.8 Å². The monoisotopic (exact) mass is 191 g/mol. The maximum Gasteiger partial charge on any atom is 0.0552 e. The first-order chi connectivity index (χ1) is 5.85. The van der Waals surface area contributed by atoms with E-state index in [2.05, 4.69) is 19.2 Å². The Labute approximate surface area is 80.4 Å². The van der Waals surface area contributed by atoms with Crippen LogP contribution in [0.3, 0.4) is 0 Å². The lowest BCUT2D eigenvalue weighted by Crippen LogP contribution is -2.30. The Bertz CT molecular complexity index is 90.6. The first kappa shape index (κ1) is 12.3. The Morgan fingerprint density at radius 1 is 1.42 bits per heavy atom. The number of hydrogen-bond donors (Lipinski definition) is 1. The van der Waals surface area contributed by atoms with Crippen LogP contribution in [0.1, 0.15) is 20.3 Å². The molecule has 0 rings (SSSR count). The van der Waals surface area contributed by atoms with Gasteiger partial charge in [0.25, 0.3) is 0 Å². The fourth-order valence-electron chi connectivity index (χ4n) is 0.978. The lowest BCUT2D eigenvalue weighted by molar-refractivity contribution is 0.218. The highest BCUT2D eigenvalue weighted by molar-refractivity contribution is 7.99. The Morgan fingerprint density at radius 2 is 2.17 bits per heavy atom. The number of methoxy groups -OCH3 is 1. The Balaban J connectivity index is 3.19. The van der Waals surface area contributed by atoms with Crippen LogP contribution in [0.25, 0.3) is 0 Å². The summed E-state index contributed by atoms with van der Waals surface area (Å²) in [5.41, 5.74) is 0. The zero-order valence-electron chi connectivity index (χ0n) is 8.43. The highest BCUT2D eigenvalue weighted by Crippen LogP contribution is 2.04. The summed E-state index contributed by atoms with van der Waals surface area (Å²) in [5.74, 6) is 2.31. The summed E-state index contributed by atoms with van der Waals surface area (Å²) in [5, 5.41) is 3.45. The smallest absolute Gasteiger partial charge is 0.0552 e. The van der Waals surface area contributed by atoms with E-state index >= 15 is 0 Å². The van der Waals surface area contributed by atoms with E-state index in [1.54, 1.807) is 7.11 Å². The van der Waals surface area contributed by atoms with Gasteiger partial charge in [-0.3, -0.25) is 0 Å². The maximum atomic E-state index is 4.98. The molecule has 0 saturated heterocycles. The second kappa shape index (κ2) is 9.36. The normalized spacial score (nSPS) is 13.2. The van der Waals surface area contributed by atoms with Gasteiger partial charge in [0.2, 0.25) is 0 Å². The van der Waals surface area contributed by atoms with Crippen molar-refractivity contribution in [2.45, 2.75) is 26.3 Å². The summed E-state index contributed by atoms with van der Waals surface area (Å²) in [6.07, 6.45) is 1.22. The minimum Gasteiger partial charge on any atom is -0.384 e. The number of hydrogen-bond acceptors (Lipinski definition) is 3. The third kappa shape index (κ3) is 6.95. The van der Waals surface area contributed by atoms with Crippen molar-refractivity contribution in [1.82, 2.24) is 5.32 Å². The van der Waals surface area contributed by atoms with Crippen LogP contribution < -0.4 is 5.32 Å².